The van der Waals surface area contributed by atoms with E-state index in [4.69, 9.17) is 0 Å². The van der Waals surface area contributed by atoms with Gasteiger partial charge in [0.25, 0.3) is 5.91 Å². The standard InChI is InChI=1S/C23H23N3O2S/c1-17-13-14-29-20(17)15-25(2)16-26-21(27)23(24-22(26)28,18-9-5-3-6-10-18)19-11-7-4-8-12-19/h3-14H,15-16H2,1-2H3,(H,24,28)/p+1. The van der Waals surface area contributed by atoms with E-state index in [9.17, 15) is 9.59 Å². The second kappa shape index (κ2) is 7.81. The average Bonchev–Trinajstić information content (AvgIpc) is 3.25. The van der Waals surface area contributed by atoms with Crippen LogP contribution in [0.2, 0.25) is 0 Å². The van der Waals surface area contributed by atoms with Crippen LogP contribution in [0.3, 0.4) is 0 Å². The normalized spacial score (nSPS) is 16.7. The second-order valence-corrected chi connectivity index (χ2v) is 8.46. The highest BCUT2D eigenvalue weighted by atomic mass is 32.1. The lowest BCUT2D eigenvalue weighted by atomic mass is 9.83. The monoisotopic (exact) mass is 406 g/mol. The SMILES string of the molecule is Cc1ccsc1C[NH+](C)CN1C(=O)NC(c2ccccc2)(c2ccccc2)C1=O. The molecule has 0 aliphatic carbocycles. The summed E-state index contributed by atoms with van der Waals surface area (Å²) in [6.07, 6.45) is 0. The van der Waals surface area contributed by atoms with Crippen molar-refractivity contribution in [2.75, 3.05) is 13.7 Å². The Hall–Kier alpha value is -2.96. The summed E-state index contributed by atoms with van der Waals surface area (Å²) >= 11 is 1.71. The molecular formula is C23H24N3O2S+. The quantitative estimate of drug-likeness (QED) is 0.618. The van der Waals surface area contributed by atoms with Gasteiger partial charge in [0.1, 0.15) is 6.54 Å². The average molecular weight is 407 g/mol. The highest BCUT2D eigenvalue weighted by molar-refractivity contribution is 7.10. The number of quaternary nitrogens is 1. The molecule has 1 aliphatic heterocycles. The number of amides is 3. The molecule has 1 aliphatic rings. The number of nitrogens with one attached hydrogen (secondary N) is 2. The number of carbonyl (C=O) groups is 2. The zero-order chi connectivity index (χ0) is 20.4. The lowest BCUT2D eigenvalue weighted by Crippen LogP contribution is -3.09. The summed E-state index contributed by atoms with van der Waals surface area (Å²) in [6, 6.07) is 20.7. The van der Waals surface area contributed by atoms with Gasteiger partial charge in [-0.15, -0.1) is 11.3 Å². The molecule has 2 N–H and O–H groups in total. The zero-order valence-corrected chi connectivity index (χ0v) is 17.3. The molecule has 29 heavy (non-hydrogen) atoms. The third kappa shape index (κ3) is 3.45. The van der Waals surface area contributed by atoms with Gasteiger partial charge in [0.15, 0.2) is 12.2 Å². The Morgan fingerprint density at radius 3 is 2.07 bits per heavy atom. The van der Waals surface area contributed by atoms with Gasteiger partial charge in [-0.1, -0.05) is 60.7 Å². The molecule has 3 amide bonds. The molecule has 0 saturated carbocycles. The number of benzene rings is 2. The molecule has 0 spiro atoms. The van der Waals surface area contributed by atoms with Crippen molar-refractivity contribution in [3.8, 4) is 0 Å². The number of urea groups is 1. The molecule has 1 atom stereocenters. The van der Waals surface area contributed by atoms with Gasteiger partial charge in [-0.3, -0.25) is 4.79 Å². The Labute approximate surface area is 174 Å². The minimum absolute atomic E-state index is 0.234. The minimum Gasteiger partial charge on any atom is -0.315 e. The first kappa shape index (κ1) is 19.4. The third-order valence-corrected chi connectivity index (χ3v) is 6.40. The zero-order valence-electron chi connectivity index (χ0n) is 16.5. The van der Waals surface area contributed by atoms with Gasteiger partial charge in [0, 0.05) is 0 Å². The molecular weight excluding hydrogens is 382 g/mol. The maximum atomic E-state index is 13.7. The Bertz CT molecular complexity index is 977. The van der Waals surface area contributed by atoms with Gasteiger partial charge >= 0.3 is 6.03 Å². The highest BCUT2D eigenvalue weighted by Gasteiger charge is 2.54. The van der Waals surface area contributed by atoms with E-state index in [-0.39, 0.29) is 11.9 Å². The number of hydrogen-bond donors (Lipinski definition) is 2. The van der Waals surface area contributed by atoms with Crippen molar-refractivity contribution >= 4 is 23.3 Å². The van der Waals surface area contributed by atoms with Crippen LogP contribution < -0.4 is 10.2 Å². The van der Waals surface area contributed by atoms with Crippen LogP contribution in [0.25, 0.3) is 0 Å². The van der Waals surface area contributed by atoms with Crippen LogP contribution >= 0.6 is 11.3 Å². The number of carbonyl (C=O) groups excluding carboxylic acids is 2. The molecule has 2 heterocycles. The molecule has 1 fully saturated rings. The van der Waals surface area contributed by atoms with Gasteiger partial charge in [-0.05, 0) is 35.1 Å². The van der Waals surface area contributed by atoms with Gasteiger partial charge in [0.2, 0.25) is 0 Å². The molecule has 5 nitrogen and oxygen atoms in total. The molecule has 4 rings (SSSR count). The highest BCUT2D eigenvalue weighted by Crippen LogP contribution is 2.35. The smallest absolute Gasteiger partial charge is 0.315 e. The summed E-state index contributed by atoms with van der Waals surface area (Å²) in [7, 11) is 2.00. The predicted octanol–water partition coefficient (Wildman–Crippen LogP) is 2.52. The molecule has 2 aromatic carbocycles. The van der Waals surface area contributed by atoms with Crippen molar-refractivity contribution in [2.24, 2.45) is 0 Å². The largest absolute Gasteiger partial charge is 0.330 e. The molecule has 1 aromatic heterocycles. The minimum atomic E-state index is -1.20. The molecule has 0 radical (unpaired) electrons. The fraction of sp³-hybridized carbons (Fsp3) is 0.217. The number of aryl methyl sites for hydroxylation is 1. The Morgan fingerprint density at radius 1 is 0.966 bits per heavy atom. The number of rotatable bonds is 6. The molecule has 148 valence electrons. The third-order valence-electron chi connectivity index (χ3n) is 5.38. The number of nitrogens with zero attached hydrogens (tertiary/aromatic N) is 1. The van der Waals surface area contributed by atoms with Crippen molar-refractivity contribution in [2.45, 2.75) is 19.0 Å². The first-order valence-corrected chi connectivity index (χ1v) is 10.5. The number of imide groups is 1. The Kier molecular flexibility index (Phi) is 5.22. The maximum absolute atomic E-state index is 13.7. The van der Waals surface area contributed by atoms with Crippen molar-refractivity contribution in [1.82, 2.24) is 10.2 Å². The summed E-state index contributed by atoms with van der Waals surface area (Å²) in [6.45, 7) is 3.16. The van der Waals surface area contributed by atoms with Gasteiger partial charge in [0.05, 0.1) is 11.9 Å². The van der Waals surface area contributed by atoms with E-state index in [1.165, 1.54) is 15.3 Å². The van der Waals surface area contributed by atoms with Gasteiger partial charge < -0.3 is 10.2 Å². The van der Waals surface area contributed by atoms with Gasteiger partial charge in [-0.2, -0.15) is 0 Å². The first-order valence-electron chi connectivity index (χ1n) is 9.62. The lowest BCUT2D eigenvalue weighted by molar-refractivity contribution is -0.900. The molecule has 6 heteroatoms. The Balaban J connectivity index is 1.66. The molecule has 1 saturated heterocycles. The van der Waals surface area contributed by atoms with Crippen LogP contribution in [0, 0.1) is 6.92 Å². The van der Waals surface area contributed by atoms with Crippen molar-refractivity contribution in [1.29, 1.82) is 0 Å². The van der Waals surface area contributed by atoms with E-state index in [2.05, 4.69) is 23.7 Å². The van der Waals surface area contributed by atoms with Crippen molar-refractivity contribution in [3.05, 3.63) is 93.7 Å². The molecule has 3 aromatic rings. The van der Waals surface area contributed by atoms with Crippen molar-refractivity contribution < 1.29 is 14.5 Å². The lowest BCUT2D eigenvalue weighted by Gasteiger charge is -2.28. The van der Waals surface area contributed by atoms with E-state index in [1.54, 1.807) is 11.3 Å². The topological polar surface area (TPSA) is 53.9 Å². The van der Waals surface area contributed by atoms with Crippen molar-refractivity contribution in [3.63, 3.8) is 0 Å². The van der Waals surface area contributed by atoms with Gasteiger partial charge in [-0.25, -0.2) is 9.69 Å². The second-order valence-electron chi connectivity index (χ2n) is 7.46. The van der Waals surface area contributed by atoms with E-state index >= 15 is 0 Å². The number of thiophene rings is 1. The summed E-state index contributed by atoms with van der Waals surface area (Å²) in [4.78, 5) is 30.3. The fourth-order valence-corrected chi connectivity index (χ4v) is 4.86. The van der Waals surface area contributed by atoms with Crippen LogP contribution in [0.1, 0.15) is 21.6 Å². The van der Waals surface area contributed by atoms with E-state index in [0.717, 1.165) is 22.6 Å². The number of hydrogen-bond acceptors (Lipinski definition) is 3. The van der Waals surface area contributed by atoms with Crippen LogP contribution in [-0.2, 0) is 16.9 Å². The maximum Gasteiger partial charge on any atom is 0.330 e. The fourth-order valence-electron chi connectivity index (χ4n) is 3.84. The summed E-state index contributed by atoms with van der Waals surface area (Å²) < 4.78 is 0. The first-order chi connectivity index (χ1) is 14.0. The van der Waals surface area contributed by atoms with E-state index in [1.807, 2.05) is 67.7 Å². The Morgan fingerprint density at radius 2 is 1.55 bits per heavy atom. The van der Waals surface area contributed by atoms with Crippen LogP contribution in [0.15, 0.2) is 72.1 Å². The summed E-state index contributed by atoms with van der Waals surface area (Å²) in [5.41, 5.74) is 1.57. The van der Waals surface area contributed by atoms with Crippen LogP contribution in [0.5, 0.6) is 0 Å². The van der Waals surface area contributed by atoms with E-state index in [0.29, 0.717) is 6.67 Å². The summed E-state index contributed by atoms with van der Waals surface area (Å²) in [5.74, 6) is -0.234. The van der Waals surface area contributed by atoms with Crippen LogP contribution in [0.4, 0.5) is 4.79 Å². The predicted molar refractivity (Wildman–Crippen MR) is 114 cm³/mol. The van der Waals surface area contributed by atoms with Crippen LogP contribution in [-0.4, -0.2) is 30.6 Å². The summed E-state index contributed by atoms with van der Waals surface area (Å²) in [5, 5.41) is 5.07. The van der Waals surface area contributed by atoms with E-state index < -0.39 is 5.54 Å². The molecule has 1 unspecified atom stereocenters. The molecule has 0 bridgehead atoms.